The van der Waals surface area contributed by atoms with Crippen molar-refractivity contribution < 1.29 is 9.13 Å². The largest absolute Gasteiger partial charge is 0.490 e. The summed E-state index contributed by atoms with van der Waals surface area (Å²) in [6.45, 7) is 3.54. The summed E-state index contributed by atoms with van der Waals surface area (Å²) >= 11 is 6.04. The van der Waals surface area contributed by atoms with E-state index in [0.717, 1.165) is 13.0 Å². The number of rotatable bonds is 4. The number of hydrogen-bond donors (Lipinski definition) is 0. The van der Waals surface area contributed by atoms with E-state index in [1.54, 1.807) is 0 Å². The standard InChI is InChI=1S/C17H17ClFNO/c1-2-20-14(9-12-5-3-4-6-16(12)20)11-21-17-10-13(19)7-8-15(17)18/h3-8,10,14H,2,9,11H2,1H3/t14-/m1/s1. The van der Waals surface area contributed by atoms with E-state index < -0.39 is 0 Å². The van der Waals surface area contributed by atoms with Crippen molar-refractivity contribution in [2.75, 3.05) is 18.1 Å². The predicted molar refractivity (Wildman–Crippen MR) is 83.9 cm³/mol. The number of para-hydroxylation sites is 1. The summed E-state index contributed by atoms with van der Waals surface area (Å²) in [5.74, 6) is 0.0696. The van der Waals surface area contributed by atoms with Gasteiger partial charge in [-0.25, -0.2) is 4.39 Å². The second kappa shape index (κ2) is 5.94. The lowest BCUT2D eigenvalue weighted by Crippen LogP contribution is -2.36. The van der Waals surface area contributed by atoms with Crippen molar-refractivity contribution in [3.8, 4) is 5.75 Å². The Kier molecular flexibility index (Phi) is 4.02. The smallest absolute Gasteiger partial charge is 0.140 e. The molecule has 0 unspecified atom stereocenters. The Morgan fingerprint density at radius 1 is 1.29 bits per heavy atom. The number of fused-ring (bicyclic) bond motifs is 1. The summed E-state index contributed by atoms with van der Waals surface area (Å²) in [4.78, 5) is 2.32. The molecule has 2 nitrogen and oxygen atoms in total. The maximum absolute atomic E-state index is 13.3. The molecule has 1 atom stereocenters. The minimum absolute atomic E-state index is 0.256. The molecule has 2 aromatic rings. The molecule has 0 fully saturated rings. The fourth-order valence-corrected chi connectivity index (χ4v) is 3.05. The summed E-state index contributed by atoms with van der Waals surface area (Å²) in [5, 5.41) is 0.440. The van der Waals surface area contributed by atoms with Crippen molar-refractivity contribution in [2.45, 2.75) is 19.4 Å². The molecule has 4 heteroatoms. The average molecular weight is 306 g/mol. The Bertz CT molecular complexity index is 646. The van der Waals surface area contributed by atoms with E-state index in [2.05, 4.69) is 30.0 Å². The third kappa shape index (κ3) is 2.84. The van der Waals surface area contributed by atoms with Crippen molar-refractivity contribution in [1.29, 1.82) is 0 Å². The Morgan fingerprint density at radius 2 is 2.10 bits per heavy atom. The number of nitrogens with zero attached hydrogens (tertiary/aromatic N) is 1. The molecule has 0 N–H and O–H groups in total. The Morgan fingerprint density at radius 3 is 2.90 bits per heavy atom. The van der Waals surface area contributed by atoms with E-state index in [9.17, 15) is 4.39 Å². The van der Waals surface area contributed by atoms with Gasteiger partial charge in [0.15, 0.2) is 0 Å². The lowest BCUT2D eigenvalue weighted by molar-refractivity contribution is 0.285. The molecule has 1 heterocycles. The minimum atomic E-state index is -0.337. The number of ether oxygens (including phenoxy) is 1. The molecule has 0 amide bonds. The number of hydrogen-bond acceptors (Lipinski definition) is 2. The van der Waals surface area contributed by atoms with Gasteiger partial charge in [-0.15, -0.1) is 0 Å². The molecule has 0 aliphatic carbocycles. The first-order chi connectivity index (χ1) is 10.2. The highest BCUT2D eigenvalue weighted by Gasteiger charge is 2.28. The average Bonchev–Trinajstić information content (AvgIpc) is 2.85. The SMILES string of the molecule is CCN1c2ccccc2C[C@@H]1COc1cc(F)ccc1Cl. The highest BCUT2D eigenvalue weighted by atomic mass is 35.5. The third-order valence-electron chi connectivity index (χ3n) is 3.86. The molecule has 110 valence electrons. The van der Waals surface area contributed by atoms with E-state index in [1.165, 1.54) is 29.4 Å². The van der Waals surface area contributed by atoms with Crippen LogP contribution in [-0.4, -0.2) is 19.2 Å². The summed E-state index contributed by atoms with van der Waals surface area (Å²) in [5.41, 5.74) is 2.59. The first kappa shape index (κ1) is 14.2. The van der Waals surface area contributed by atoms with E-state index in [1.807, 2.05) is 6.07 Å². The van der Waals surface area contributed by atoms with Gasteiger partial charge in [0.1, 0.15) is 18.2 Å². The van der Waals surface area contributed by atoms with Gasteiger partial charge in [-0.3, -0.25) is 0 Å². The van der Waals surface area contributed by atoms with Crippen LogP contribution in [0.25, 0.3) is 0 Å². The zero-order valence-electron chi connectivity index (χ0n) is 11.9. The molecule has 3 rings (SSSR count). The molecule has 0 aromatic heterocycles. The van der Waals surface area contributed by atoms with Crippen LogP contribution < -0.4 is 9.64 Å². The normalized spacial score (nSPS) is 16.9. The number of likely N-dealkylation sites (N-methyl/N-ethyl adjacent to an activating group) is 1. The lowest BCUT2D eigenvalue weighted by Gasteiger charge is -2.26. The van der Waals surface area contributed by atoms with Crippen LogP contribution in [0.4, 0.5) is 10.1 Å². The van der Waals surface area contributed by atoms with Crippen LogP contribution in [0.3, 0.4) is 0 Å². The number of halogens is 2. The molecule has 0 saturated carbocycles. The summed E-state index contributed by atoms with van der Waals surface area (Å²) < 4.78 is 19.0. The van der Waals surface area contributed by atoms with Gasteiger partial charge in [-0.05, 0) is 37.1 Å². The van der Waals surface area contributed by atoms with Crippen molar-refractivity contribution in [3.05, 3.63) is 58.9 Å². The molecular formula is C17H17ClFNO. The molecule has 0 bridgehead atoms. The van der Waals surface area contributed by atoms with E-state index in [-0.39, 0.29) is 11.9 Å². The zero-order chi connectivity index (χ0) is 14.8. The number of anilines is 1. The molecule has 21 heavy (non-hydrogen) atoms. The van der Waals surface area contributed by atoms with Crippen LogP contribution in [0, 0.1) is 5.82 Å². The maximum Gasteiger partial charge on any atom is 0.140 e. The van der Waals surface area contributed by atoms with Crippen molar-refractivity contribution >= 4 is 17.3 Å². The summed E-state index contributed by atoms with van der Waals surface area (Å²) in [6.07, 6.45) is 0.941. The van der Waals surface area contributed by atoms with Gasteiger partial charge < -0.3 is 9.64 Å². The molecule has 0 saturated heterocycles. The molecule has 1 aliphatic rings. The van der Waals surface area contributed by atoms with Crippen LogP contribution >= 0.6 is 11.6 Å². The van der Waals surface area contributed by atoms with Gasteiger partial charge in [0.25, 0.3) is 0 Å². The van der Waals surface area contributed by atoms with E-state index >= 15 is 0 Å². The molecule has 1 aliphatic heterocycles. The summed E-state index contributed by atoms with van der Waals surface area (Å²) in [7, 11) is 0. The fraction of sp³-hybridized carbons (Fsp3) is 0.294. The first-order valence-corrected chi connectivity index (χ1v) is 7.49. The van der Waals surface area contributed by atoms with E-state index in [4.69, 9.17) is 16.3 Å². The van der Waals surface area contributed by atoms with Crippen LogP contribution in [0.1, 0.15) is 12.5 Å². The second-order valence-corrected chi connectivity index (χ2v) is 5.57. The third-order valence-corrected chi connectivity index (χ3v) is 4.17. The van der Waals surface area contributed by atoms with Crippen molar-refractivity contribution in [1.82, 2.24) is 0 Å². The fourth-order valence-electron chi connectivity index (χ4n) is 2.88. The van der Waals surface area contributed by atoms with Crippen molar-refractivity contribution in [3.63, 3.8) is 0 Å². The van der Waals surface area contributed by atoms with Gasteiger partial charge in [-0.1, -0.05) is 29.8 Å². The van der Waals surface area contributed by atoms with Gasteiger partial charge in [0, 0.05) is 18.3 Å². The second-order valence-electron chi connectivity index (χ2n) is 5.16. The Balaban J connectivity index is 1.73. The van der Waals surface area contributed by atoms with Crippen LogP contribution in [0.5, 0.6) is 5.75 Å². The molecular weight excluding hydrogens is 289 g/mol. The van der Waals surface area contributed by atoms with E-state index in [0.29, 0.717) is 17.4 Å². The first-order valence-electron chi connectivity index (χ1n) is 7.11. The maximum atomic E-state index is 13.3. The Hall–Kier alpha value is -1.74. The van der Waals surface area contributed by atoms with Gasteiger partial charge >= 0.3 is 0 Å². The molecule has 0 radical (unpaired) electrons. The van der Waals surface area contributed by atoms with Crippen LogP contribution in [0.2, 0.25) is 5.02 Å². The Labute approximate surface area is 129 Å². The van der Waals surface area contributed by atoms with Crippen LogP contribution in [-0.2, 0) is 6.42 Å². The quantitative estimate of drug-likeness (QED) is 0.834. The molecule has 0 spiro atoms. The van der Waals surface area contributed by atoms with Crippen LogP contribution in [0.15, 0.2) is 42.5 Å². The highest BCUT2D eigenvalue weighted by molar-refractivity contribution is 6.32. The topological polar surface area (TPSA) is 12.5 Å². The van der Waals surface area contributed by atoms with Gasteiger partial charge in [0.2, 0.25) is 0 Å². The minimum Gasteiger partial charge on any atom is -0.490 e. The van der Waals surface area contributed by atoms with Gasteiger partial charge in [0.05, 0.1) is 11.1 Å². The zero-order valence-corrected chi connectivity index (χ0v) is 12.6. The summed E-state index contributed by atoms with van der Waals surface area (Å²) in [6, 6.07) is 12.8. The molecule has 2 aromatic carbocycles. The lowest BCUT2D eigenvalue weighted by atomic mass is 10.1. The predicted octanol–water partition coefficient (Wildman–Crippen LogP) is 4.31. The number of benzene rings is 2. The van der Waals surface area contributed by atoms with Crippen molar-refractivity contribution in [2.24, 2.45) is 0 Å². The highest BCUT2D eigenvalue weighted by Crippen LogP contribution is 2.32. The van der Waals surface area contributed by atoms with Gasteiger partial charge in [-0.2, -0.15) is 0 Å². The monoisotopic (exact) mass is 305 g/mol.